The number of ether oxygens (including phenoxy) is 2. The van der Waals surface area contributed by atoms with Gasteiger partial charge in [0.2, 0.25) is 0 Å². The van der Waals surface area contributed by atoms with E-state index in [0.717, 1.165) is 5.56 Å². The van der Waals surface area contributed by atoms with Gasteiger partial charge in [0.1, 0.15) is 17.2 Å². The molecule has 0 amide bonds. The highest BCUT2D eigenvalue weighted by Gasteiger charge is 2.09. The van der Waals surface area contributed by atoms with Crippen molar-refractivity contribution in [3.8, 4) is 11.5 Å². The van der Waals surface area contributed by atoms with Crippen molar-refractivity contribution in [2.24, 2.45) is 5.11 Å². The van der Waals surface area contributed by atoms with Crippen LogP contribution in [-0.2, 0) is 9.53 Å². The van der Waals surface area contributed by atoms with Gasteiger partial charge in [0.25, 0.3) is 0 Å². The van der Waals surface area contributed by atoms with E-state index in [1.54, 1.807) is 31.2 Å². The van der Waals surface area contributed by atoms with Crippen molar-refractivity contribution in [1.29, 1.82) is 0 Å². The number of esters is 1. The van der Waals surface area contributed by atoms with Crippen molar-refractivity contribution in [3.63, 3.8) is 0 Å². The fourth-order valence-corrected chi connectivity index (χ4v) is 1.95. The number of hydrogen-bond acceptors (Lipinski definition) is 4. The quantitative estimate of drug-likeness (QED) is 0.246. The van der Waals surface area contributed by atoms with Crippen LogP contribution in [-0.4, -0.2) is 12.6 Å². The van der Waals surface area contributed by atoms with Crippen molar-refractivity contribution >= 4 is 12.0 Å². The molecule has 0 spiro atoms. The molecule has 0 saturated heterocycles. The van der Waals surface area contributed by atoms with E-state index < -0.39 is 5.97 Å². The summed E-state index contributed by atoms with van der Waals surface area (Å²) in [5.74, 6) is 0.652. The number of benzene rings is 2. The standard InChI is InChI=1S/C18H17N3O3/c1-3-23-18(22)17(20-21-19)12-14-5-4-6-16(11-14)24-15-9-7-13(2)8-10-15/h4-12H,3H2,1-2H3. The monoisotopic (exact) mass is 323 g/mol. The highest BCUT2D eigenvalue weighted by molar-refractivity contribution is 5.93. The van der Waals surface area contributed by atoms with Crippen LogP contribution >= 0.6 is 0 Å². The van der Waals surface area contributed by atoms with Crippen LogP contribution in [0.15, 0.2) is 59.3 Å². The van der Waals surface area contributed by atoms with Gasteiger partial charge in [-0.1, -0.05) is 34.9 Å². The molecule has 0 aliphatic carbocycles. The molecule has 0 fully saturated rings. The largest absolute Gasteiger partial charge is 0.462 e. The Morgan fingerprint density at radius 2 is 1.96 bits per heavy atom. The van der Waals surface area contributed by atoms with Gasteiger partial charge in [0, 0.05) is 4.91 Å². The molecule has 0 aromatic heterocycles. The second-order valence-corrected chi connectivity index (χ2v) is 4.93. The maximum Gasteiger partial charge on any atom is 0.340 e. The number of rotatable bonds is 6. The molecule has 2 aromatic carbocycles. The minimum atomic E-state index is -0.667. The SMILES string of the molecule is CCOC(=O)C(=Cc1cccc(Oc2ccc(C)cc2)c1)N=[N+]=[N-]. The smallest absolute Gasteiger partial charge is 0.340 e. The van der Waals surface area contributed by atoms with Gasteiger partial charge in [-0.2, -0.15) is 0 Å². The van der Waals surface area contributed by atoms with Gasteiger partial charge in [-0.25, -0.2) is 4.79 Å². The second kappa shape index (κ2) is 8.41. The normalized spacial score (nSPS) is 10.7. The summed E-state index contributed by atoms with van der Waals surface area (Å²) in [6.07, 6.45) is 1.46. The molecule has 0 atom stereocenters. The maximum atomic E-state index is 11.8. The zero-order valence-electron chi connectivity index (χ0n) is 13.5. The molecule has 0 saturated carbocycles. The lowest BCUT2D eigenvalue weighted by atomic mass is 10.2. The van der Waals surface area contributed by atoms with Gasteiger partial charge in [-0.05, 0) is 55.3 Å². The van der Waals surface area contributed by atoms with Gasteiger partial charge in [0.05, 0.1) is 6.61 Å². The average Bonchev–Trinajstić information content (AvgIpc) is 2.57. The summed E-state index contributed by atoms with van der Waals surface area (Å²) < 4.78 is 10.6. The van der Waals surface area contributed by atoms with Crippen LogP contribution in [0.5, 0.6) is 11.5 Å². The first-order valence-corrected chi connectivity index (χ1v) is 7.41. The van der Waals surface area contributed by atoms with Crippen molar-refractivity contribution < 1.29 is 14.3 Å². The Morgan fingerprint density at radius 1 is 1.21 bits per heavy atom. The van der Waals surface area contributed by atoms with E-state index >= 15 is 0 Å². The minimum Gasteiger partial charge on any atom is -0.462 e. The van der Waals surface area contributed by atoms with Crippen molar-refractivity contribution in [1.82, 2.24) is 0 Å². The van der Waals surface area contributed by atoms with Crippen LogP contribution in [0.2, 0.25) is 0 Å². The van der Waals surface area contributed by atoms with E-state index in [2.05, 4.69) is 10.0 Å². The Balaban J connectivity index is 2.24. The zero-order valence-corrected chi connectivity index (χ0v) is 13.5. The van der Waals surface area contributed by atoms with Gasteiger partial charge in [-0.3, -0.25) is 0 Å². The van der Waals surface area contributed by atoms with Gasteiger partial charge in [-0.15, -0.1) is 0 Å². The first-order chi connectivity index (χ1) is 11.6. The number of azide groups is 1. The molecule has 0 bridgehead atoms. The van der Waals surface area contributed by atoms with Crippen LogP contribution in [0.25, 0.3) is 16.5 Å². The maximum absolute atomic E-state index is 11.8. The van der Waals surface area contributed by atoms with Crippen LogP contribution in [0.1, 0.15) is 18.1 Å². The predicted octanol–water partition coefficient (Wildman–Crippen LogP) is 5.00. The predicted molar refractivity (Wildman–Crippen MR) is 91.5 cm³/mol. The summed E-state index contributed by atoms with van der Waals surface area (Å²) in [6.45, 7) is 3.89. The molecule has 2 aromatic rings. The molecule has 122 valence electrons. The summed E-state index contributed by atoms with van der Waals surface area (Å²) in [4.78, 5) is 14.4. The molecule has 6 nitrogen and oxygen atoms in total. The van der Waals surface area contributed by atoms with Gasteiger partial charge < -0.3 is 9.47 Å². The number of aryl methyl sites for hydroxylation is 1. The number of carbonyl (C=O) groups excluding carboxylic acids is 1. The molecule has 0 N–H and O–H groups in total. The van der Waals surface area contributed by atoms with E-state index in [1.807, 2.05) is 31.2 Å². The van der Waals surface area contributed by atoms with Crippen LogP contribution in [0.4, 0.5) is 0 Å². The molecule has 2 rings (SSSR count). The first-order valence-electron chi connectivity index (χ1n) is 7.41. The molecule has 0 aliphatic rings. The Hall–Kier alpha value is -3.24. The van der Waals surface area contributed by atoms with Crippen molar-refractivity contribution in [2.75, 3.05) is 6.61 Å². The van der Waals surface area contributed by atoms with E-state index in [1.165, 1.54) is 6.08 Å². The summed E-state index contributed by atoms with van der Waals surface area (Å²) in [6, 6.07) is 14.8. The summed E-state index contributed by atoms with van der Waals surface area (Å²) >= 11 is 0. The lowest BCUT2D eigenvalue weighted by Gasteiger charge is -2.07. The molecule has 6 heteroatoms. The molecule has 0 aliphatic heterocycles. The van der Waals surface area contributed by atoms with Crippen LogP contribution < -0.4 is 4.74 Å². The van der Waals surface area contributed by atoms with Crippen LogP contribution in [0.3, 0.4) is 0 Å². The van der Waals surface area contributed by atoms with Gasteiger partial charge >= 0.3 is 5.97 Å². The highest BCUT2D eigenvalue weighted by Crippen LogP contribution is 2.23. The molecule has 24 heavy (non-hydrogen) atoms. The molecule has 0 unspecified atom stereocenters. The summed E-state index contributed by atoms with van der Waals surface area (Å²) in [5, 5.41) is 3.39. The Bertz CT molecular complexity index is 791. The third kappa shape index (κ3) is 4.90. The second-order valence-electron chi connectivity index (χ2n) is 4.93. The van der Waals surface area contributed by atoms with E-state index in [-0.39, 0.29) is 12.3 Å². The molecular weight excluding hydrogens is 306 g/mol. The van der Waals surface area contributed by atoms with Gasteiger partial charge in [0.15, 0.2) is 0 Å². The number of nitrogens with zero attached hydrogens (tertiary/aromatic N) is 3. The Labute approximate surface area is 140 Å². The number of carbonyl (C=O) groups is 1. The molecular formula is C18H17N3O3. The summed E-state index contributed by atoms with van der Waals surface area (Å²) in [7, 11) is 0. The average molecular weight is 323 g/mol. The minimum absolute atomic E-state index is 0.105. The molecule has 0 radical (unpaired) electrons. The first kappa shape index (κ1) is 17.1. The van der Waals surface area contributed by atoms with Crippen molar-refractivity contribution in [3.05, 3.63) is 75.8 Å². The topological polar surface area (TPSA) is 84.3 Å². The fourth-order valence-electron chi connectivity index (χ4n) is 1.95. The molecule has 0 heterocycles. The lowest BCUT2D eigenvalue weighted by Crippen LogP contribution is -2.05. The Kier molecular flexibility index (Phi) is 6.00. The third-order valence-electron chi connectivity index (χ3n) is 3.06. The number of hydrogen-bond donors (Lipinski definition) is 0. The zero-order chi connectivity index (χ0) is 17.4. The Morgan fingerprint density at radius 3 is 2.62 bits per heavy atom. The van der Waals surface area contributed by atoms with E-state index in [0.29, 0.717) is 17.1 Å². The fraction of sp³-hybridized carbons (Fsp3) is 0.167. The van der Waals surface area contributed by atoms with Crippen LogP contribution in [0, 0.1) is 6.92 Å². The van der Waals surface area contributed by atoms with E-state index in [4.69, 9.17) is 15.0 Å². The van der Waals surface area contributed by atoms with E-state index in [9.17, 15) is 4.79 Å². The van der Waals surface area contributed by atoms with Crippen molar-refractivity contribution in [2.45, 2.75) is 13.8 Å². The summed E-state index contributed by atoms with van der Waals surface area (Å²) in [5.41, 5.74) is 10.3. The highest BCUT2D eigenvalue weighted by atomic mass is 16.5. The lowest BCUT2D eigenvalue weighted by molar-refractivity contribution is -0.138. The third-order valence-corrected chi connectivity index (χ3v) is 3.06.